The van der Waals surface area contributed by atoms with Crippen molar-refractivity contribution in [1.82, 2.24) is 4.98 Å². The Hall–Kier alpha value is -1.92. The van der Waals surface area contributed by atoms with Crippen molar-refractivity contribution in [3.8, 4) is 11.5 Å². The van der Waals surface area contributed by atoms with E-state index >= 15 is 0 Å². The summed E-state index contributed by atoms with van der Waals surface area (Å²) < 4.78 is 10.4. The zero-order valence-corrected chi connectivity index (χ0v) is 14.6. The predicted octanol–water partition coefficient (Wildman–Crippen LogP) is 3.87. The van der Waals surface area contributed by atoms with E-state index in [9.17, 15) is 4.79 Å². The number of halogens is 1. The Balaban J connectivity index is 2.10. The molecule has 0 aliphatic heterocycles. The van der Waals surface area contributed by atoms with Crippen molar-refractivity contribution in [2.75, 3.05) is 19.5 Å². The van der Waals surface area contributed by atoms with Crippen LogP contribution in [-0.4, -0.2) is 30.4 Å². The molecule has 7 heteroatoms. The zero-order chi connectivity index (χ0) is 16.8. The molecule has 1 heterocycles. The van der Waals surface area contributed by atoms with Gasteiger partial charge in [0.05, 0.1) is 30.2 Å². The third-order valence-corrected chi connectivity index (χ3v) is 4.58. The van der Waals surface area contributed by atoms with Gasteiger partial charge in [0.15, 0.2) is 0 Å². The number of benzene rings is 1. The van der Waals surface area contributed by atoms with Crippen LogP contribution in [0.4, 0.5) is 5.69 Å². The quantitative estimate of drug-likeness (QED) is 0.799. The molecular formula is C16H17ClN2O3S. The Morgan fingerprint density at radius 3 is 2.74 bits per heavy atom. The number of methoxy groups -OCH3 is 2. The van der Waals surface area contributed by atoms with Crippen LogP contribution < -0.4 is 14.8 Å². The summed E-state index contributed by atoms with van der Waals surface area (Å²) in [7, 11) is 3.11. The van der Waals surface area contributed by atoms with Gasteiger partial charge in [-0.3, -0.25) is 4.79 Å². The normalized spacial score (nSPS) is 11.7. The van der Waals surface area contributed by atoms with Crippen LogP contribution in [0, 0.1) is 0 Å². The number of pyridine rings is 1. The van der Waals surface area contributed by atoms with Crippen LogP contribution in [0.1, 0.15) is 6.92 Å². The first-order chi connectivity index (χ1) is 11.0. The highest BCUT2D eigenvalue weighted by atomic mass is 35.5. The van der Waals surface area contributed by atoms with E-state index in [0.29, 0.717) is 27.2 Å². The van der Waals surface area contributed by atoms with E-state index in [1.165, 1.54) is 11.8 Å². The number of rotatable bonds is 6. The Morgan fingerprint density at radius 2 is 2.09 bits per heavy atom. The Labute approximate surface area is 144 Å². The molecule has 2 aromatic rings. The molecule has 0 aliphatic rings. The maximum Gasteiger partial charge on any atom is 0.237 e. The molecule has 1 aromatic carbocycles. The number of amides is 1. The molecule has 0 saturated carbocycles. The summed E-state index contributed by atoms with van der Waals surface area (Å²) in [5.41, 5.74) is 0.552. The SMILES string of the molecule is COc1ccc(OC)c(NC(=O)[C@H](C)Sc2ncccc2Cl)c1. The Kier molecular flexibility index (Phi) is 6.12. The Morgan fingerprint density at radius 1 is 1.30 bits per heavy atom. The molecule has 0 bridgehead atoms. The Bertz CT molecular complexity index is 697. The first-order valence-electron chi connectivity index (χ1n) is 6.85. The molecular weight excluding hydrogens is 336 g/mol. The fraction of sp³-hybridized carbons (Fsp3) is 0.250. The summed E-state index contributed by atoms with van der Waals surface area (Å²) in [6.07, 6.45) is 1.64. The van der Waals surface area contributed by atoms with E-state index in [4.69, 9.17) is 21.1 Å². The van der Waals surface area contributed by atoms with Gasteiger partial charge >= 0.3 is 0 Å². The lowest BCUT2D eigenvalue weighted by Gasteiger charge is -2.15. The monoisotopic (exact) mass is 352 g/mol. The second kappa shape index (κ2) is 8.08. The van der Waals surface area contributed by atoms with Crippen molar-refractivity contribution in [1.29, 1.82) is 0 Å². The van der Waals surface area contributed by atoms with E-state index in [2.05, 4.69) is 10.3 Å². The molecule has 0 spiro atoms. The van der Waals surface area contributed by atoms with Gasteiger partial charge in [0.25, 0.3) is 0 Å². The van der Waals surface area contributed by atoms with Crippen LogP contribution in [0.15, 0.2) is 41.6 Å². The minimum absolute atomic E-state index is 0.178. The second-order valence-electron chi connectivity index (χ2n) is 4.61. The molecule has 1 aromatic heterocycles. The number of hydrogen-bond acceptors (Lipinski definition) is 5. The van der Waals surface area contributed by atoms with E-state index in [-0.39, 0.29) is 11.2 Å². The topological polar surface area (TPSA) is 60.5 Å². The first-order valence-corrected chi connectivity index (χ1v) is 8.11. The lowest BCUT2D eigenvalue weighted by molar-refractivity contribution is -0.115. The van der Waals surface area contributed by atoms with Crippen LogP contribution in [0.2, 0.25) is 5.02 Å². The first kappa shape index (κ1) is 17.4. The minimum atomic E-state index is -0.377. The third kappa shape index (κ3) is 4.53. The van der Waals surface area contributed by atoms with Gasteiger partial charge in [-0.25, -0.2) is 4.98 Å². The lowest BCUT2D eigenvalue weighted by atomic mass is 10.2. The summed E-state index contributed by atoms with van der Waals surface area (Å²) in [5, 5.41) is 3.61. The smallest absolute Gasteiger partial charge is 0.237 e. The number of anilines is 1. The summed E-state index contributed by atoms with van der Waals surface area (Å²) in [5.74, 6) is 1.02. The molecule has 0 aliphatic carbocycles. The molecule has 0 saturated heterocycles. The summed E-state index contributed by atoms with van der Waals surface area (Å²) >= 11 is 7.36. The van der Waals surface area contributed by atoms with Gasteiger partial charge in [0.2, 0.25) is 5.91 Å². The van der Waals surface area contributed by atoms with Crippen molar-refractivity contribution in [3.63, 3.8) is 0 Å². The maximum absolute atomic E-state index is 12.4. The fourth-order valence-electron chi connectivity index (χ4n) is 1.82. The van der Waals surface area contributed by atoms with Crippen LogP contribution in [0.3, 0.4) is 0 Å². The molecule has 1 N–H and O–H groups in total. The van der Waals surface area contributed by atoms with Gasteiger partial charge in [-0.2, -0.15) is 0 Å². The van der Waals surface area contributed by atoms with E-state index in [1.807, 2.05) is 0 Å². The largest absolute Gasteiger partial charge is 0.497 e. The summed E-state index contributed by atoms with van der Waals surface area (Å²) in [6, 6.07) is 8.70. The zero-order valence-electron chi connectivity index (χ0n) is 13.0. The number of ether oxygens (including phenoxy) is 2. The number of carbonyl (C=O) groups excluding carboxylic acids is 1. The van der Waals surface area contributed by atoms with Gasteiger partial charge in [0.1, 0.15) is 16.5 Å². The molecule has 5 nitrogen and oxygen atoms in total. The van der Waals surface area contributed by atoms with Crippen LogP contribution in [-0.2, 0) is 4.79 Å². The van der Waals surface area contributed by atoms with Gasteiger partial charge in [-0.05, 0) is 31.2 Å². The molecule has 23 heavy (non-hydrogen) atoms. The van der Waals surface area contributed by atoms with Gasteiger partial charge in [-0.15, -0.1) is 0 Å². The second-order valence-corrected chi connectivity index (χ2v) is 6.34. The third-order valence-electron chi connectivity index (χ3n) is 3.05. The average molecular weight is 353 g/mol. The number of hydrogen-bond donors (Lipinski definition) is 1. The van der Waals surface area contributed by atoms with E-state index in [1.54, 1.807) is 57.7 Å². The molecule has 1 amide bonds. The predicted molar refractivity (Wildman–Crippen MR) is 92.7 cm³/mol. The summed E-state index contributed by atoms with van der Waals surface area (Å²) in [4.78, 5) is 16.6. The van der Waals surface area contributed by atoms with Crippen molar-refractivity contribution in [2.24, 2.45) is 0 Å². The molecule has 0 unspecified atom stereocenters. The number of nitrogens with one attached hydrogen (secondary N) is 1. The number of nitrogens with zero attached hydrogens (tertiary/aromatic N) is 1. The number of carbonyl (C=O) groups is 1. The summed E-state index contributed by atoms with van der Waals surface area (Å²) in [6.45, 7) is 1.79. The number of thioether (sulfide) groups is 1. The highest BCUT2D eigenvalue weighted by Crippen LogP contribution is 2.31. The van der Waals surface area contributed by atoms with E-state index in [0.717, 1.165) is 0 Å². The number of aromatic nitrogens is 1. The highest BCUT2D eigenvalue weighted by molar-refractivity contribution is 8.00. The maximum atomic E-state index is 12.4. The van der Waals surface area contributed by atoms with Crippen molar-refractivity contribution in [2.45, 2.75) is 17.2 Å². The average Bonchev–Trinajstić information content (AvgIpc) is 2.56. The standard InChI is InChI=1S/C16H17ClN2O3S/c1-10(23-16-12(17)5-4-8-18-16)15(20)19-13-9-11(21-2)6-7-14(13)22-3/h4-10H,1-3H3,(H,19,20)/t10-/m0/s1. The highest BCUT2D eigenvalue weighted by Gasteiger charge is 2.18. The van der Waals surface area contributed by atoms with Crippen molar-refractivity contribution >= 4 is 35.0 Å². The molecule has 122 valence electrons. The molecule has 1 atom stereocenters. The van der Waals surface area contributed by atoms with Gasteiger partial charge in [0, 0.05) is 12.3 Å². The van der Waals surface area contributed by atoms with Crippen molar-refractivity contribution in [3.05, 3.63) is 41.6 Å². The van der Waals surface area contributed by atoms with Gasteiger partial charge in [-0.1, -0.05) is 23.4 Å². The molecule has 0 radical (unpaired) electrons. The van der Waals surface area contributed by atoms with Crippen LogP contribution >= 0.6 is 23.4 Å². The molecule has 2 rings (SSSR count). The van der Waals surface area contributed by atoms with Crippen LogP contribution in [0.25, 0.3) is 0 Å². The van der Waals surface area contributed by atoms with Crippen LogP contribution in [0.5, 0.6) is 11.5 Å². The molecule has 0 fully saturated rings. The van der Waals surface area contributed by atoms with Crippen molar-refractivity contribution < 1.29 is 14.3 Å². The van der Waals surface area contributed by atoms with Gasteiger partial charge < -0.3 is 14.8 Å². The fourth-order valence-corrected chi connectivity index (χ4v) is 2.88. The van der Waals surface area contributed by atoms with E-state index < -0.39 is 0 Å². The minimum Gasteiger partial charge on any atom is -0.497 e. The lowest BCUT2D eigenvalue weighted by Crippen LogP contribution is -2.22.